The fourth-order valence-electron chi connectivity index (χ4n) is 2.66. The van der Waals surface area contributed by atoms with Gasteiger partial charge >= 0.3 is 0 Å². The van der Waals surface area contributed by atoms with E-state index >= 15 is 0 Å². The summed E-state index contributed by atoms with van der Waals surface area (Å²) in [6.45, 7) is 7.32. The molecule has 1 aromatic rings. The molecule has 0 radical (unpaired) electrons. The minimum absolute atomic E-state index is 0.188. The van der Waals surface area contributed by atoms with E-state index in [9.17, 15) is 4.39 Å². The lowest BCUT2D eigenvalue weighted by Gasteiger charge is -2.41. The summed E-state index contributed by atoms with van der Waals surface area (Å²) in [7, 11) is 0. The second-order valence-electron chi connectivity index (χ2n) is 6.13. The second-order valence-corrected chi connectivity index (χ2v) is 6.98. The molecule has 0 amide bonds. The molecule has 1 unspecified atom stereocenters. The molecule has 2 rings (SSSR count). The number of rotatable bonds is 3. The smallest absolute Gasteiger partial charge is 0.137 e. The van der Waals surface area contributed by atoms with Crippen molar-refractivity contribution in [3.8, 4) is 0 Å². The third-order valence-corrected chi connectivity index (χ3v) is 4.75. The first kappa shape index (κ1) is 14.9. The predicted molar refractivity (Wildman–Crippen MR) is 80.5 cm³/mol. The van der Waals surface area contributed by atoms with E-state index in [1.165, 1.54) is 18.9 Å². The van der Waals surface area contributed by atoms with E-state index in [2.05, 4.69) is 34.7 Å². The Bertz CT molecular complexity index is 438. The Morgan fingerprint density at radius 2 is 2.00 bits per heavy atom. The van der Waals surface area contributed by atoms with E-state index in [1.807, 2.05) is 12.1 Å². The summed E-state index contributed by atoms with van der Waals surface area (Å²) in [6, 6.07) is 5.40. The van der Waals surface area contributed by atoms with Crippen LogP contribution in [0, 0.1) is 11.2 Å². The van der Waals surface area contributed by atoms with Crippen molar-refractivity contribution in [1.29, 1.82) is 0 Å². The molecule has 2 nitrogen and oxygen atoms in total. The van der Waals surface area contributed by atoms with E-state index in [0.717, 1.165) is 18.7 Å². The zero-order valence-corrected chi connectivity index (χ0v) is 13.2. The molecule has 2 N–H and O–H groups in total. The largest absolute Gasteiger partial charge is 0.329 e. The molecule has 4 heteroatoms. The van der Waals surface area contributed by atoms with Gasteiger partial charge in [0.1, 0.15) is 5.82 Å². The van der Waals surface area contributed by atoms with Crippen LogP contribution < -0.4 is 5.73 Å². The number of likely N-dealkylation sites (tertiary alicyclic amines) is 1. The fourth-order valence-corrected chi connectivity index (χ4v) is 3.05. The van der Waals surface area contributed by atoms with E-state index in [-0.39, 0.29) is 11.9 Å². The van der Waals surface area contributed by atoms with Gasteiger partial charge in [0.2, 0.25) is 0 Å². The van der Waals surface area contributed by atoms with Gasteiger partial charge in [0.05, 0.1) is 4.47 Å². The first-order valence-corrected chi connectivity index (χ1v) is 7.61. The third-order valence-electron chi connectivity index (χ3n) is 4.14. The van der Waals surface area contributed by atoms with Gasteiger partial charge in [0, 0.05) is 12.6 Å². The first-order valence-electron chi connectivity index (χ1n) is 6.82. The maximum atomic E-state index is 13.3. The number of benzene rings is 1. The van der Waals surface area contributed by atoms with Crippen molar-refractivity contribution >= 4 is 15.9 Å². The Hall–Kier alpha value is -0.450. The first-order chi connectivity index (χ1) is 8.93. The van der Waals surface area contributed by atoms with Gasteiger partial charge in [-0.15, -0.1) is 0 Å². The highest BCUT2D eigenvalue weighted by Crippen LogP contribution is 2.34. The zero-order valence-electron chi connectivity index (χ0n) is 11.6. The molecular weight excluding hydrogens is 307 g/mol. The molecule has 1 saturated heterocycles. The van der Waals surface area contributed by atoms with Crippen molar-refractivity contribution in [2.24, 2.45) is 11.1 Å². The van der Waals surface area contributed by atoms with Crippen molar-refractivity contribution in [2.45, 2.75) is 32.7 Å². The number of hydrogen-bond acceptors (Lipinski definition) is 2. The summed E-state index contributed by atoms with van der Waals surface area (Å²) in [5, 5.41) is 0. The van der Waals surface area contributed by atoms with Crippen LogP contribution in [0.3, 0.4) is 0 Å². The highest BCUT2D eigenvalue weighted by atomic mass is 79.9. The minimum atomic E-state index is -0.223. The lowest BCUT2D eigenvalue weighted by atomic mass is 9.82. The molecule has 1 atom stereocenters. The summed E-state index contributed by atoms with van der Waals surface area (Å²) in [4.78, 5) is 2.42. The van der Waals surface area contributed by atoms with E-state index < -0.39 is 0 Å². The van der Waals surface area contributed by atoms with Gasteiger partial charge in [-0.05, 0) is 65.0 Å². The van der Waals surface area contributed by atoms with Crippen molar-refractivity contribution in [2.75, 3.05) is 19.6 Å². The molecule has 19 heavy (non-hydrogen) atoms. The van der Waals surface area contributed by atoms with Crippen LogP contribution in [-0.2, 0) is 0 Å². The molecule has 1 aromatic carbocycles. The molecule has 0 spiro atoms. The summed E-state index contributed by atoms with van der Waals surface area (Å²) >= 11 is 3.25. The summed E-state index contributed by atoms with van der Waals surface area (Å²) < 4.78 is 13.8. The van der Waals surface area contributed by atoms with Crippen LogP contribution >= 0.6 is 15.9 Å². The Morgan fingerprint density at radius 1 is 1.37 bits per heavy atom. The van der Waals surface area contributed by atoms with Gasteiger partial charge in [0.25, 0.3) is 0 Å². The molecule has 1 fully saturated rings. The van der Waals surface area contributed by atoms with Gasteiger partial charge < -0.3 is 5.73 Å². The normalized spacial score (nSPS) is 21.3. The van der Waals surface area contributed by atoms with Gasteiger partial charge in [0.15, 0.2) is 0 Å². The number of nitrogens with two attached hydrogens (primary N) is 1. The number of halogens is 2. The predicted octanol–water partition coefficient (Wildman–Crippen LogP) is 3.71. The fraction of sp³-hybridized carbons (Fsp3) is 0.600. The van der Waals surface area contributed by atoms with Gasteiger partial charge in [-0.1, -0.05) is 19.9 Å². The van der Waals surface area contributed by atoms with E-state index in [1.54, 1.807) is 0 Å². The molecule has 106 valence electrons. The monoisotopic (exact) mass is 328 g/mol. The average molecular weight is 329 g/mol. The van der Waals surface area contributed by atoms with E-state index in [4.69, 9.17) is 5.73 Å². The van der Waals surface area contributed by atoms with Gasteiger partial charge in [-0.25, -0.2) is 4.39 Å². The molecule has 1 aliphatic heterocycles. The molecule has 1 heterocycles. The molecule has 0 bridgehead atoms. The Kier molecular flexibility index (Phi) is 4.64. The van der Waals surface area contributed by atoms with Crippen LogP contribution in [-0.4, -0.2) is 24.5 Å². The Balaban J connectivity index is 2.14. The maximum Gasteiger partial charge on any atom is 0.137 e. The number of piperidine rings is 1. The summed E-state index contributed by atoms with van der Waals surface area (Å²) in [5.74, 6) is -0.223. The van der Waals surface area contributed by atoms with Crippen molar-refractivity contribution < 1.29 is 4.39 Å². The van der Waals surface area contributed by atoms with Crippen LogP contribution in [0.5, 0.6) is 0 Å². The molecule has 0 saturated carbocycles. The van der Waals surface area contributed by atoms with E-state index in [0.29, 0.717) is 16.4 Å². The highest BCUT2D eigenvalue weighted by Gasteiger charge is 2.29. The maximum absolute atomic E-state index is 13.3. The third kappa shape index (κ3) is 3.56. The van der Waals surface area contributed by atoms with Crippen LogP contribution in [0.4, 0.5) is 4.39 Å². The van der Waals surface area contributed by atoms with Crippen LogP contribution in [0.1, 0.15) is 38.3 Å². The second kappa shape index (κ2) is 5.90. The number of nitrogens with zero attached hydrogens (tertiary/aromatic N) is 1. The standard InChI is InChI=1S/C15H22BrFN2/c1-15(2)5-7-19(8-6-15)14(10-18)11-3-4-13(17)12(16)9-11/h3-4,9,14H,5-8,10,18H2,1-2H3. The topological polar surface area (TPSA) is 29.3 Å². The zero-order chi connectivity index (χ0) is 14.0. The van der Waals surface area contributed by atoms with Crippen molar-refractivity contribution in [3.63, 3.8) is 0 Å². The lowest BCUT2D eigenvalue weighted by Crippen LogP contribution is -2.42. The quantitative estimate of drug-likeness (QED) is 0.916. The highest BCUT2D eigenvalue weighted by molar-refractivity contribution is 9.10. The molecular formula is C15H22BrFN2. The van der Waals surface area contributed by atoms with Gasteiger partial charge in [-0.3, -0.25) is 4.90 Å². The molecule has 0 aliphatic carbocycles. The molecule has 1 aliphatic rings. The number of hydrogen-bond donors (Lipinski definition) is 1. The SMILES string of the molecule is CC1(C)CCN(C(CN)c2ccc(F)c(Br)c2)CC1. The Morgan fingerprint density at radius 3 is 2.53 bits per heavy atom. The average Bonchev–Trinajstić information content (AvgIpc) is 2.36. The van der Waals surface area contributed by atoms with Crippen LogP contribution in [0.2, 0.25) is 0 Å². The minimum Gasteiger partial charge on any atom is -0.329 e. The lowest BCUT2D eigenvalue weighted by molar-refractivity contribution is 0.0963. The van der Waals surface area contributed by atoms with Crippen molar-refractivity contribution in [1.82, 2.24) is 4.90 Å². The van der Waals surface area contributed by atoms with Crippen molar-refractivity contribution in [3.05, 3.63) is 34.1 Å². The Labute approximate surface area is 123 Å². The van der Waals surface area contributed by atoms with Gasteiger partial charge in [-0.2, -0.15) is 0 Å². The molecule has 0 aromatic heterocycles. The van der Waals surface area contributed by atoms with Crippen LogP contribution in [0.25, 0.3) is 0 Å². The van der Waals surface area contributed by atoms with Crippen LogP contribution in [0.15, 0.2) is 22.7 Å². The summed E-state index contributed by atoms with van der Waals surface area (Å²) in [6.07, 6.45) is 2.37. The summed E-state index contributed by atoms with van der Waals surface area (Å²) in [5.41, 5.74) is 7.46.